The molecule has 0 unspecified atom stereocenters. The topological polar surface area (TPSA) is 70.5 Å². The van der Waals surface area contributed by atoms with E-state index in [-0.39, 0.29) is 17.2 Å². The molecule has 1 amide bonds. The molecule has 1 saturated carbocycles. The molecule has 1 N–H and O–H groups in total. The van der Waals surface area contributed by atoms with Crippen LogP contribution >= 0.6 is 0 Å². The molecule has 1 heterocycles. The number of aromatic carboxylic acids is 1. The van der Waals surface area contributed by atoms with Gasteiger partial charge in [0.15, 0.2) is 0 Å². The third-order valence-corrected chi connectivity index (χ3v) is 4.07. The Hall–Kier alpha value is -2.17. The first-order valence-corrected chi connectivity index (χ1v) is 7.71. The quantitative estimate of drug-likeness (QED) is 0.820. The fraction of sp³-hybridized carbons (Fsp3) is 0.471. The number of carboxylic acids is 1. The molecule has 5 heteroatoms. The zero-order chi connectivity index (χ0) is 15.9. The molecule has 22 heavy (non-hydrogen) atoms. The number of aromatic nitrogens is 1. The number of carboxylic acid groups (broad SMARTS) is 1. The predicted octanol–water partition coefficient (Wildman–Crippen LogP) is 2.99. The fourth-order valence-electron chi connectivity index (χ4n) is 2.92. The van der Waals surface area contributed by atoms with Crippen LogP contribution in [-0.4, -0.2) is 40.0 Å². The first-order valence-electron chi connectivity index (χ1n) is 7.71. The maximum absolute atomic E-state index is 12.6. The minimum absolute atomic E-state index is 0.0783. The van der Waals surface area contributed by atoms with Crippen molar-refractivity contribution >= 4 is 11.9 Å². The highest BCUT2D eigenvalue weighted by Crippen LogP contribution is 2.24. The molecule has 0 atom stereocenters. The van der Waals surface area contributed by atoms with E-state index in [1.807, 2.05) is 0 Å². The van der Waals surface area contributed by atoms with Crippen molar-refractivity contribution in [3.63, 3.8) is 0 Å². The van der Waals surface area contributed by atoms with Gasteiger partial charge in [-0.2, -0.15) is 0 Å². The van der Waals surface area contributed by atoms with Gasteiger partial charge in [-0.15, -0.1) is 6.58 Å². The van der Waals surface area contributed by atoms with Crippen molar-refractivity contribution in [2.75, 3.05) is 13.1 Å². The van der Waals surface area contributed by atoms with Crippen molar-refractivity contribution in [3.05, 3.63) is 42.2 Å². The Morgan fingerprint density at radius 2 is 2.09 bits per heavy atom. The van der Waals surface area contributed by atoms with Gasteiger partial charge in [0.2, 0.25) is 0 Å². The number of carbonyl (C=O) groups excluding carboxylic acids is 1. The molecule has 0 spiro atoms. The van der Waals surface area contributed by atoms with Gasteiger partial charge < -0.3 is 10.0 Å². The third kappa shape index (κ3) is 4.16. The van der Waals surface area contributed by atoms with E-state index in [0.717, 1.165) is 12.8 Å². The van der Waals surface area contributed by atoms with Crippen LogP contribution in [0.25, 0.3) is 0 Å². The molecule has 1 aromatic heterocycles. The normalized spacial score (nSPS) is 15.3. The van der Waals surface area contributed by atoms with E-state index < -0.39 is 5.97 Å². The highest BCUT2D eigenvalue weighted by Gasteiger charge is 2.22. The number of nitrogens with zero attached hydrogens (tertiary/aromatic N) is 2. The second-order valence-electron chi connectivity index (χ2n) is 5.74. The highest BCUT2D eigenvalue weighted by atomic mass is 16.4. The summed E-state index contributed by atoms with van der Waals surface area (Å²) in [4.78, 5) is 29.4. The van der Waals surface area contributed by atoms with Crippen LogP contribution in [0.5, 0.6) is 0 Å². The lowest BCUT2D eigenvalue weighted by Crippen LogP contribution is -2.36. The molecule has 1 aliphatic carbocycles. The third-order valence-electron chi connectivity index (χ3n) is 4.07. The Bertz CT molecular complexity index is 551. The molecule has 1 fully saturated rings. The largest absolute Gasteiger partial charge is 0.478 e. The average Bonchev–Trinajstić information content (AvgIpc) is 2.55. The Labute approximate surface area is 130 Å². The maximum Gasteiger partial charge on any atom is 0.335 e. The SMILES string of the molecule is C=CCN(CC1CCCCC1)C(=O)c1cc(C(=O)O)ccn1. The Kier molecular flexibility index (Phi) is 5.69. The fourth-order valence-corrected chi connectivity index (χ4v) is 2.92. The summed E-state index contributed by atoms with van der Waals surface area (Å²) in [6.45, 7) is 4.84. The lowest BCUT2D eigenvalue weighted by atomic mass is 9.89. The van der Waals surface area contributed by atoms with Crippen LogP contribution in [0.1, 0.15) is 53.0 Å². The van der Waals surface area contributed by atoms with Gasteiger partial charge in [0.1, 0.15) is 5.69 Å². The monoisotopic (exact) mass is 302 g/mol. The smallest absolute Gasteiger partial charge is 0.335 e. The average molecular weight is 302 g/mol. The van der Waals surface area contributed by atoms with E-state index in [1.165, 1.54) is 37.6 Å². The van der Waals surface area contributed by atoms with Crippen molar-refractivity contribution in [2.45, 2.75) is 32.1 Å². The Balaban J connectivity index is 2.12. The molecular formula is C17H22N2O3. The van der Waals surface area contributed by atoms with Crippen molar-refractivity contribution < 1.29 is 14.7 Å². The molecular weight excluding hydrogens is 280 g/mol. The maximum atomic E-state index is 12.6. The summed E-state index contributed by atoms with van der Waals surface area (Å²) in [5.74, 6) is -0.770. The number of hydrogen-bond donors (Lipinski definition) is 1. The summed E-state index contributed by atoms with van der Waals surface area (Å²) in [5, 5.41) is 9.03. The van der Waals surface area contributed by atoms with E-state index in [9.17, 15) is 9.59 Å². The minimum Gasteiger partial charge on any atom is -0.478 e. The summed E-state index contributed by atoms with van der Waals surface area (Å²) in [6, 6.07) is 2.72. The zero-order valence-electron chi connectivity index (χ0n) is 12.7. The molecule has 118 valence electrons. The van der Waals surface area contributed by atoms with Crippen LogP contribution in [0.3, 0.4) is 0 Å². The second-order valence-corrected chi connectivity index (χ2v) is 5.74. The zero-order valence-corrected chi connectivity index (χ0v) is 12.7. The van der Waals surface area contributed by atoms with Gasteiger partial charge in [-0.05, 0) is 30.9 Å². The van der Waals surface area contributed by atoms with E-state index in [2.05, 4.69) is 11.6 Å². The summed E-state index contributed by atoms with van der Waals surface area (Å²) in [7, 11) is 0. The molecule has 2 rings (SSSR count). The van der Waals surface area contributed by atoms with E-state index in [0.29, 0.717) is 19.0 Å². The van der Waals surface area contributed by atoms with Gasteiger partial charge >= 0.3 is 5.97 Å². The predicted molar refractivity (Wildman–Crippen MR) is 83.9 cm³/mol. The van der Waals surface area contributed by atoms with Crippen molar-refractivity contribution in [1.29, 1.82) is 0 Å². The number of amides is 1. The summed E-state index contributed by atoms with van der Waals surface area (Å²) < 4.78 is 0. The lowest BCUT2D eigenvalue weighted by molar-refractivity contribution is 0.0696. The van der Waals surface area contributed by atoms with Crippen molar-refractivity contribution in [1.82, 2.24) is 9.88 Å². The summed E-state index contributed by atoms with van der Waals surface area (Å²) in [6.07, 6.45) is 9.05. The standard InChI is InChI=1S/C17H22N2O3/c1-2-10-19(12-13-6-4-3-5-7-13)16(20)15-11-14(17(21)22)8-9-18-15/h2,8-9,11,13H,1,3-7,10,12H2,(H,21,22). The van der Waals surface area contributed by atoms with Gasteiger partial charge in [-0.1, -0.05) is 25.3 Å². The first-order chi connectivity index (χ1) is 10.6. The number of carbonyl (C=O) groups is 2. The molecule has 0 saturated heterocycles. The molecule has 0 bridgehead atoms. The first kappa shape index (κ1) is 16.2. The van der Waals surface area contributed by atoms with Crippen LogP contribution in [-0.2, 0) is 0 Å². The molecule has 5 nitrogen and oxygen atoms in total. The Morgan fingerprint density at radius 1 is 1.36 bits per heavy atom. The summed E-state index contributed by atoms with van der Waals surface area (Å²) in [5.41, 5.74) is 0.257. The summed E-state index contributed by atoms with van der Waals surface area (Å²) >= 11 is 0. The van der Waals surface area contributed by atoms with E-state index in [1.54, 1.807) is 11.0 Å². The molecule has 1 aromatic rings. The second kappa shape index (κ2) is 7.73. The van der Waals surface area contributed by atoms with Crippen LogP contribution in [0.4, 0.5) is 0 Å². The number of rotatable bonds is 6. The van der Waals surface area contributed by atoms with E-state index >= 15 is 0 Å². The molecule has 0 radical (unpaired) electrons. The molecule has 0 aliphatic heterocycles. The van der Waals surface area contributed by atoms with Crippen molar-refractivity contribution in [3.8, 4) is 0 Å². The highest BCUT2D eigenvalue weighted by molar-refractivity contribution is 5.95. The molecule has 1 aliphatic rings. The minimum atomic E-state index is -1.06. The number of pyridine rings is 1. The van der Waals surface area contributed by atoms with Crippen LogP contribution < -0.4 is 0 Å². The van der Waals surface area contributed by atoms with E-state index in [4.69, 9.17) is 5.11 Å². The van der Waals surface area contributed by atoms with Crippen LogP contribution in [0, 0.1) is 5.92 Å². The molecule has 0 aromatic carbocycles. The van der Waals surface area contributed by atoms with Gasteiger partial charge in [-0.25, -0.2) is 4.79 Å². The lowest BCUT2D eigenvalue weighted by Gasteiger charge is -2.29. The van der Waals surface area contributed by atoms with Gasteiger partial charge in [0.25, 0.3) is 5.91 Å². The van der Waals surface area contributed by atoms with Crippen molar-refractivity contribution in [2.24, 2.45) is 5.92 Å². The van der Waals surface area contributed by atoms with Gasteiger partial charge in [0.05, 0.1) is 5.56 Å². The van der Waals surface area contributed by atoms with Gasteiger partial charge in [0, 0.05) is 19.3 Å². The number of hydrogen-bond acceptors (Lipinski definition) is 3. The Morgan fingerprint density at radius 3 is 2.73 bits per heavy atom. The van der Waals surface area contributed by atoms with Crippen LogP contribution in [0.2, 0.25) is 0 Å². The van der Waals surface area contributed by atoms with Crippen LogP contribution in [0.15, 0.2) is 31.0 Å². The van der Waals surface area contributed by atoms with Gasteiger partial charge in [-0.3, -0.25) is 9.78 Å².